The normalized spacial score (nSPS) is 10.7. The highest BCUT2D eigenvalue weighted by Gasteiger charge is 2.16. The lowest BCUT2D eigenvalue weighted by Crippen LogP contribution is -2.23. The lowest BCUT2D eigenvalue weighted by Gasteiger charge is -2.06. The molecule has 27 heavy (non-hydrogen) atoms. The van der Waals surface area contributed by atoms with Gasteiger partial charge >= 0.3 is 0 Å². The van der Waals surface area contributed by atoms with E-state index in [1.807, 2.05) is 72.4 Å². The van der Waals surface area contributed by atoms with E-state index in [9.17, 15) is 4.79 Å². The molecule has 6 nitrogen and oxygen atoms in total. The van der Waals surface area contributed by atoms with Crippen molar-refractivity contribution in [1.82, 2.24) is 24.8 Å². The Balaban J connectivity index is 1.47. The van der Waals surface area contributed by atoms with Crippen molar-refractivity contribution in [1.29, 1.82) is 0 Å². The van der Waals surface area contributed by atoms with Gasteiger partial charge in [0.25, 0.3) is 5.91 Å². The summed E-state index contributed by atoms with van der Waals surface area (Å²) in [5, 5.41) is 3.70. The molecule has 0 aliphatic heterocycles. The molecule has 7 heteroatoms. The van der Waals surface area contributed by atoms with Crippen LogP contribution in [0.25, 0.3) is 16.4 Å². The van der Waals surface area contributed by atoms with Gasteiger partial charge in [0, 0.05) is 18.0 Å². The Labute approximate surface area is 160 Å². The zero-order valence-corrected chi connectivity index (χ0v) is 15.5. The summed E-state index contributed by atoms with van der Waals surface area (Å²) in [6.07, 6.45) is 5.34. The number of nitrogens with zero attached hydrogens (tertiary/aromatic N) is 4. The summed E-state index contributed by atoms with van der Waals surface area (Å²) in [5.74, 6) is -0.150. The highest BCUT2D eigenvalue weighted by atomic mass is 32.1. The third-order valence-corrected chi connectivity index (χ3v) is 5.21. The van der Waals surface area contributed by atoms with Gasteiger partial charge in [-0.1, -0.05) is 41.7 Å². The maximum atomic E-state index is 12.6. The molecule has 3 heterocycles. The van der Waals surface area contributed by atoms with Crippen molar-refractivity contribution in [3.05, 3.63) is 83.5 Å². The van der Waals surface area contributed by atoms with Crippen LogP contribution in [0.3, 0.4) is 0 Å². The Morgan fingerprint density at radius 2 is 1.89 bits per heavy atom. The predicted molar refractivity (Wildman–Crippen MR) is 105 cm³/mol. The van der Waals surface area contributed by atoms with Gasteiger partial charge in [0.1, 0.15) is 11.2 Å². The molecule has 0 fully saturated rings. The van der Waals surface area contributed by atoms with Crippen LogP contribution in [0, 0.1) is 6.92 Å². The lowest BCUT2D eigenvalue weighted by atomic mass is 10.1. The summed E-state index contributed by atoms with van der Waals surface area (Å²) in [7, 11) is 0. The molecule has 0 saturated carbocycles. The van der Waals surface area contributed by atoms with Gasteiger partial charge in [0.05, 0.1) is 23.6 Å². The SMILES string of the molecule is Cc1nc(-n2cccc2)sc1C(=O)NCc1cc(-c2ccccc2)ncn1. The van der Waals surface area contributed by atoms with Crippen LogP contribution in [0.4, 0.5) is 0 Å². The molecule has 0 bridgehead atoms. The van der Waals surface area contributed by atoms with Crippen molar-refractivity contribution in [3.8, 4) is 16.4 Å². The molecule has 0 spiro atoms. The number of carbonyl (C=O) groups is 1. The number of benzene rings is 1. The molecule has 0 unspecified atom stereocenters. The second-order valence-corrected chi connectivity index (χ2v) is 6.92. The average Bonchev–Trinajstić information content (AvgIpc) is 3.37. The van der Waals surface area contributed by atoms with E-state index in [2.05, 4.69) is 20.3 Å². The van der Waals surface area contributed by atoms with Crippen molar-refractivity contribution in [2.45, 2.75) is 13.5 Å². The molecule has 1 amide bonds. The molecule has 134 valence electrons. The Morgan fingerprint density at radius 1 is 1.11 bits per heavy atom. The fourth-order valence-corrected chi connectivity index (χ4v) is 3.63. The average molecular weight is 375 g/mol. The maximum absolute atomic E-state index is 12.6. The van der Waals surface area contributed by atoms with E-state index in [0.29, 0.717) is 17.1 Å². The van der Waals surface area contributed by atoms with E-state index < -0.39 is 0 Å². The molecule has 4 rings (SSSR count). The minimum Gasteiger partial charge on any atom is -0.346 e. The minimum absolute atomic E-state index is 0.150. The topological polar surface area (TPSA) is 72.7 Å². The smallest absolute Gasteiger partial charge is 0.263 e. The number of hydrogen-bond acceptors (Lipinski definition) is 5. The maximum Gasteiger partial charge on any atom is 0.263 e. The molecule has 0 atom stereocenters. The fraction of sp³-hybridized carbons (Fsp3) is 0.100. The molecule has 0 aliphatic carbocycles. The Kier molecular flexibility index (Phi) is 4.76. The quantitative estimate of drug-likeness (QED) is 0.578. The molecule has 3 aromatic heterocycles. The van der Waals surface area contributed by atoms with E-state index >= 15 is 0 Å². The summed E-state index contributed by atoms with van der Waals surface area (Å²) < 4.78 is 1.89. The second kappa shape index (κ2) is 7.51. The molecule has 0 radical (unpaired) electrons. The first kappa shape index (κ1) is 17.1. The summed E-state index contributed by atoms with van der Waals surface area (Å²) in [6, 6.07) is 15.6. The highest BCUT2D eigenvalue weighted by Crippen LogP contribution is 2.22. The Hall–Kier alpha value is -3.32. The second-order valence-electron chi connectivity index (χ2n) is 5.94. The number of rotatable bonds is 5. The third-order valence-electron chi connectivity index (χ3n) is 4.04. The summed E-state index contributed by atoms with van der Waals surface area (Å²) in [6.45, 7) is 2.17. The van der Waals surface area contributed by atoms with Crippen molar-refractivity contribution >= 4 is 17.2 Å². The van der Waals surface area contributed by atoms with Crippen LogP contribution in [0.15, 0.2) is 67.3 Å². The van der Waals surface area contributed by atoms with Crippen LogP contribution in [0.5, 0.6) is 0 Å². The van der Waals surface area contributed by atoms with E-state index in [4.69, 9.17) is 0 Å². The van der Waals surface area contributed by atoms with E-state index in [1.165, 1.54) is 17.7 Å². The molecular formula is C20H17N5OS. The monoisotopic (exact) mass is 375 g/mol. The van der Waals surface area contributed by atoms with Crippen molar-refractivity contribution in [2.75, 3.05) is 0 Å². The number of aromatic nitrogens is 4. The van der Waals surface area contributed by atoms with Crippen LogP contribution >= 0.6 is 11.3 Å². The standard InChI is InChI=1S/C20H17N5OS/c1-14-18(27-20(24-14)25-9-5-6-10-25)19(26)21-12-16-11-17(23-13-22-16)15-7-3-2-4-8-15/h2-11,13H,12H2,1H3,(H,21,26). The van der Waals surface area contributed by atoms with Gasteiger partial charge in [-0.3, -0.25) is 4.79 Å². The van der Waals surface area contributed by atoms with E-state index in [1.54, 1.807) is 0 Å². The van der Waals surface area contributed by atoms with Crippen LogP contribution in [0.2, 0.25) is 0 Å². The summed E-state index contributed by atoms with van der Waals surface area (Å²) >= 11 is 1.37. The third kappa shape index (κ3) is 3.78. The number of carbonyl (C=O) groups excluding carboxylic acids is 1. The van der Waals surface area contributed by atoms with Gasteiger partial charge in [-0.25, -0.2) is 15.0 Å². The molecule has 1 N–H and O–H groups in total. The molecule has 4 aromatic rings. The van der Waals surface area contributed by atoms with Gasteiger partial charge in [-0.2, -0.15) is 0 Å². The van der Waals surface area contributed by atoms with Gasteiger partial charge in [-0.15, -0.1) is 0 Å². The minimum atomic E-state index is -0.150. The summed E-state index contributed by atoms with van der Waals surface area (Å²) in [4.78, 5) is 26.2. The number of nitrogens with one attached hydrogen (secondary N) is 1. The van der Waals surface area contributed by atoms with Gasteiger partial charge in [0.2, 0.25) is 0 Å². The van der Waals surface area contributed by atoms with Gasteiger partial charge < -0.3 is 9.88 Å². The van der Waals surface area contributed by atoms with Crippen LogP contribution in [-0.4, -0.2) is 25.4 Å². The van der Waals surface area contributed by atoms with Crippen LogP contribution < -0.4 is 5.32 Å². The number of thiazole rings is 1. The largest absolute Gasteiger partial charge is 0.346 e. The number of aryl methyl sites for hydroxylation is 1. The van der Waals surface area contributed by atoms with Crippen molar-refractivity contribution in [3.63, 3.8) is 0 Å². The predicted octanol–water partition coefficient (Wildman–Crippen LogP) is 3.63. The van der Waals surface area contributed by atoms with E-state index in [0.717, 1.165) is 22.1 Å². The van der Waals surface area contributed by atoms with E-state index in [-0.39, 0.29) is 5.91 Å². The molecule has 1 aromatic carbocycles. The fourth-order valence-electron chi connectivity index (χ4n) is 2.68. The van der Waals surface area contributed by atoms with Crippen molar-refractivity contribution < 1.29 is 4.79 Å². The van der Waals surface area contributed by atoms with Crippen LogP contribution in [0.1, 0.15) is 21.1 Å². The number of hydrogen-bond donors (Lipinski definition) is 1. The highest BCUT2D eigenvalue weighted by molar-refractivity contribution is 7.16. The number of amides is 1. The zero-order valence-electron chi connectivity index (χ0n) is 14.7. The molecular weight excluding hydrogens is 358 g/mol. The Morgan fingerprint density at radius 3 is 2.67 bits per heavy atom. The van der Waals surface area contributed by atoms with Gasteiger partial charge in [0.15, 0.2) is 5.13 Å². The molecule has 0 aliphatic rings. The lowest BCUT2D eigenvalue weighted by molar-refractivity contribution is 0.0953. The first-order valence-corrected chi connectivity index (χ1v) is 9.27. The zero-order chi connectivity index (χ0) is 18.6. The Bertz CT molecular complexity index is 1060. The van der Waals surface area contributed by atoms with Crippen molar-refractivity contribution in [2.24, 2.45) is 0 Å². The summed E-state index contributed by atoms with van der Waals surface area (Å²) in [5.41, 5.74) is 3.32. The first-order chi connectivity index (χ1) is 13.2. The van der Waals surface area contributed by atoms with Crippen LogP contribution in [-0.2, 0) is 6.54 Å². The molecule has 0 saturated heterocycles. The first-order valence-electron chi connectivity index (χ1n) is 8.46. The van der Waals surface area contributed by atoms with Gasteiger partial charge in [-0.05, 0) is 25.1 Å².